The van der Waals surface area contributed by atoms with Gasteiger partial charge in [0.1, 0.15) is 0 Å². The monoisotopic (exact) mass is 731 g/mol. The summed E-state index contributed by atoms with van der Waals surface area (Å²) in [7, 11) is -4.53. The van der Waals surface area contributed by atoms with Crippen LogP contribution in [0.15, 0.2) is 94.7 Å². The van der Waals surface area contributed by atoms with Gasteiger partial charge in [-0.15, -0.1) is 4.33 Å². The SMILES string of the molecule is O=S(=O)(O)c1ccc2c(c1)-c1nc-2nc2[n-]c(nc3nc(nc4[n-]c(n1)c1ccccc41)-c1ccc(SOOO)cc1-3)c1ccccc21.[Co+2]. The Labute approximate surface area is 289 Å². The van der Waals surface area contributed by atoms with Crippen molar-refractivity contribution in [2.24, 2.45) is 0 Å². The summed E-state index contributed by atoms with van der Waals surface area (Å²) in [5, 5.41) is 15.3. The van der Waals surface area contributed by atoms with E-state index in [2.05, 4.69) is 9.37 Å². The van der Waals surface area contributed by atoms with Crippen molar-refractivity contribution in [3.8, 4) is 45.6 Å². The third kappa shape index (κ3) is 5.25. The smallest absolute Gasteiger partial charge is 0.357 e. The van der Waals surface area contributed by atoms with Crippen LogP contribution in [0.5, 0.6) is 0 Å². The topological polar surface area (TPSA) is 199 Å². The maximum Gasteiger partial charge on any atom is 2.00 e. The molecule has 2 N–H and O–H groups in total. The summed E-state index contributed by atoms with van der Waals surface area (Å²) in [6, 6.07) is 24.3. The molecule has 2 aliphatic rings. The summed E-state index contributed by atoms with van der Waals surface area (Å²) in [4.78, 5) is 38.7. The van der Waals surface area contributed by atoms with E-state index in [0.717, 1.165) is 12.0 Å². The van der Waals surface area contributed by atoms with Gasteiger partial charge in [-0.25, -0.2) is 15.2 Å². The number of fused-ring (bicyclic) bond motifs is 20. The first-order valence-electron chi connectivity index (χ1n) is 14.1. The van der Waals surface area contributed by atoms with E-state index in [1.165, 1.54) is 18.2 Å². The molecule has 0 saturated carbocycles. The Bertz CT molecular complexity index is 2790. The number of aromatic nitrogens is 8. The van der Waals surface area contributed by atoms with Crippen LogP contribution < -0.4 is 9.97 Å². The molecule has 241 valence electrons. The molecule has 1 radical (unpaired) electrons. The molecule has 8 bridgehead atoms. The summed E-state index contributed by atoms with van der Waals surface area (Å²) in [5.74, 6) is 1.06. The van der Waals surface area contributed by atoms with E-state index < -0.39 is 10.1 Å². The zero-order valence-corrected chi connectivity index (χ0v) is 27.0. The van der Waals surface area contributed by atoms with Crippen LogP contribution in [0.1, 0.15) is 0 Å². The first-order chi connectivity index (χ1) is 23.3. The van der Waals surface area contributed by atoms with Crippen LogP contribution in [-0.2, 0) is 36.3 Å². The molecule has 0 spiro atoms. The second kappa shape index (κ2) is 11.8. The third-order valence-corrected chi connectivity index (χ3v) is 9.34. The molecule has 9 rings (SSSR count). The predicted molar refractivity (Wildman–Crippen MR) is 174 cm³/mol. The van der Waals surface area contributed by atoms with Gasteiger partial charge < -0.3 is 29.9 Å². The quantitative estimate of drug-likeness (QED) is 0.0952. The van der Waals surface area contributed by atoms with Gasteiger partial charge in [-0.1, -0.05) is 65.7 Å². The van der Waals surface area contributed by atoms with E-state index in [9.17, 15) is 13.0 Å². The number of benzene rings is 4. The zero-order valence-electron chi connectivity index (χ0n) is 24.3. The van der Waals surface area contributed by atoms with E-state index in [4.69, 9.17) is 45.1 Å². The second-order valence-corrected chi connectivity index (χ2v) is 12.9. The first-order valence-corrected chi connectivity index (χ1v) is 16.3. The van der Waals surface area contributed by atoms with E-state index in [1.807, 2.05) is 48.5 Å². The molecular weight excluding hydrogens is 715 g/mol. The molecule has 0 aliphatic carbocycles. The van der Waals surface area contributed by atoms with Crippen molar-refractivity contribution >= 4 is 66.3 Å². The van der Waals surface area contributed by atoms with Gasteiger partial charge in [-0.2, -0.15) is 8.42 Å². The Hall–Kier alpha value is -5.11. The van der Waals surface area contributed by atoms with Crippen LogP contribution >= 0.6 is 12.0 Å². The maximum atomic E-state index is 12.1. The Morgan fingerprint density at radius 3 is 1.45 bits per heavy atom. The van der Waals surface area contributed by atoms with Crippen molar-refractivity contribution in [1.29, 1.82) is 0 Å². The van der Waals surface area contributed by atoms with Gasteiger partial charge in [0.15, 0.2) is 0 Å². The second-order valence-electron chi connectivity index (χ2n) is 10.7. The first kappa shape index (κ1) is 31.2. The fourth-order valence-electron chi connectivity index (χ4n) is 5.79. The molecule has 4 aromatic carbocycles. The molecule has 0 fully saturated rings. The Morgan fingerprint density at radius 1 is 0.571 bits per heavy atom. The van der Waals surface area contributed by atoms with Gasteiger partial charge in [-0.3, -0.25) is 4.55 Å². The minimum atomic E-state index is -4.53. The Kier molecular flexibility index (Phi) is 7.50. The minimum absolute atomic E-state index is 0. The van der Waals surface area contributed by atoms with E-state index in [1.54, 1.807) is 18.2 Å². The fourth-order valence-corrected chi connectivity index (χ4v) is 6.69. The van der Waals surface area contributed by atoms with Crippen LogP contribution in [0, 0.1) is 0 Å². The summed E-state index contributed by atoms with van der Waals surface area (Å²) >= 11 is 0.805. The van der Waals surface area contributed by atoms with Crippen molar-refractivity contribution in [2.75, 3.05) is 0 Å². The Balaban J connectivity index is 0.00000348. The average Bonchev–Trinajstić information content (AvgIpc) is 3.82. The van der Waals surface area contributed by atoms with Crippen LogP contribution in [-0.4, -0.2) is 48.1 Å². The molecule has 49 heavy (non-hydrogen) atoms. The number of nitrogens with zero attached hydrogens (tertiary/aromatic N) is 8. The van der Waals surface area contributed by atoms with Gasteiger partial charge in [0.2, 0.25) is 0 Å². The number of rotatable bonds is 4. The van der Waals surface area contributed by atoms with Crippen LogP contribution in [0.4, 0.5) is 0 Å². The van der Waals surface area contributed by atoms with Crippen molar-refractivity contribution in [3.05, 3.63) is 84.9 Å². The third-order valence-electron chi connectivity index (χ3n) is 7.92. The van der Waals surface area contributed by atoms with E-state index in [0.29, 0.717) is 82.9 Å². The largest absolute Gasteiger partial charge is 2.00 e. The van der Waals surface area contributed by atoms with Crippen molar-refractivity contribution in [1.82, 2.24) is 39.9 Å². The molecule has 17 heteroatoms. The number of hydrogen-bond donors (Lipinski definition) is 2. The van der Waals surface area contributed by atoms with Gasteiger partial charge in [0.25, 0.3) is 10.1 Å². The van der Waals surface area contributed by atoms with Crippen LogP contribution in [0.2, 0.25) is 0 Å². The van der Waals surface area contributed by atoms with Gasteiger partial charge in [0.05, 0.1) is 40.2 Å². The standard InChI is InChI=1S/C32H16N8O6S2.Co/c41-45-46-47-15-9-11-21-23(13-15)31-37-27-19-7-3-1-5-17(19)26(33-27)36-30-22-12-10-16(48(42,43)44)14-24(22)32(40-30)38-28-20-8-4-2-6-18(20)25(34-28)35-29(21)39-31;/h1-14H,(H2-2,33,34,35,36,37,38,39,40,41,42,43,44);/q-2;+2. The summed E-state index contributed by atoms with van der Waals surface area (Å²) in [6.07, 6.45) is 0. The molecule has 7 aromatic rings. The van der Waals surface area contributed by atoms with Crippen molar-refractivity contribution in [2.45, 2.75) is 9.79 Å². The van der Waals surface area contributed by atoms with Gasteiger partial charge in [-0.05, 0) is 45.8 Å². The Morgan fingerprint density at radius 2 is 1.00 bits per heavy atom. The van der Waals surface area contributed by atoms with Crippen LogP contribution in [0.3, 0.4) is 0 Å². The summed E-state index contributed by atoms with van der Waals surface area (Å²) < 4.78 is 38.7. The normalized spacial score (nSPS) is 12.1. The minimum Gasteiger partial charge on any atom is -0.357 e. The summed E-state index contributed by atoms with van der Waals surface area (Å²) in [5.41, 5.74) is 3.45. The maximum absolute atomic E-state index is 12.1. The van der Waals surface area contributed by atoms with Gasteiger partial charge >= 0.3 is 16.8 Å². The molecule has 0 saturated heterocycles. The molecule has 0 amide bonds. The predicted octanol–water partition coefficient (Wildman–Crippen LogP) is 5.80. The van der Waals surface area contributed by atoms with Crippen molar-refractivity contribution in [3.63, 3.8) is 0 Å². The molecule has 5 heterocycles. The summed E-state index contributed by atoms with van der Waals surface area (Å²) in [6.45, 7) is 0. The van der Waals surface area contributed by atoms with E-state index >= 15 is 0 Å². The van der Waals surface area contributed by atoms with Crippen molar-refractivity contribution < 1.29 is 44.4 Å². The molecule has 2 aliphatic heterocycles. The molecule has 0 unspecified atom stereocenters. The molecule has 0 atom stereocenters. The zero-order chi connectivity index (χ0) is 32.6. The molecule has 3 aromatic heterocycles. The molecule has 14 nitrogen and oxygen atoms in total. The average molecular weight is 732 g/mol. The van der Waals surface area contributed by atoms with Crippen LogP contribution in [0.25, 0.3) is 89.7 Å². The number of hydrogen-bond acceptors (Lipinski definition) is 12. The van der Waals surface area contributed by atoms with Gasteiger partial charge in [0, 0.05) is 49.7 Å². The molecular formula is C32H16CoN8O6S2. The fraction of sp³-hybridized carbons (Fsp3) is 0. The van der Waals surface area contributed by atoms with E-state index in [-0.39, 0.29) is 33.3 Å².